The van der Waals surface area contributed by atoms with Gasteiger partial charge in [0.1, 0.15) is 0 Å². The zero-order valence-electron chi connectivity index (χ0n) is 14.4. The predicted molar refractivity (Wildman–Crippen MR) is 95.0 cm³/mol. The van der Waals surface area contributed by atoms with Gasteiger partial charge in [-0.2, -0.15) is 4.98 Å². The van der Waals surface area contributed by atoms with E-state index in [-0.39, 0.29) is 0 Å². The van der Waals surface area contributed by atoms with E-state index >= 15 is 0 Å². The number of rotatable bonds is 6. The number of nitrogens with zero attached hydrogens (tertiary/aromatic N) is 2. The van der Waals surface area contributed by atoms with Crippen LogP contribution in [0.3, 0.4) is 0 Å². The minimum absolute atomic E-state index is 0.495. The van der Waals surface area contributed by atoms with Gasteiger partial charge in [-0.25, -0.2) is 4.98 Å². The van der Waals surface area contributed by atoms with Crippen molar-refractivity contribution in [2.45, 2.75) is 6.54 Å². The summed E-state index contributed by atoms with van der Waals surface area (Å²) in [5, 5.41) is 3.24. The SMILES string of the molecule is COc1ccc(CNc2nc(-c3ccco3)c3[nH]c[nH+]c3n2)cc1OC. The third-order valence-corrected chi connectivity index (χ3v) is 3.99. The minimum atomic E-state index is 0.495. The molecule has 8 nitrogen and oxygen atoms in total. The number of aromatic amines is 2. The molecular formula is C18H18N5O3+. The molecule has 0 radical (unpaired) electrons. The highest BCUT2D eigenvalue weighted by molar-refractivity contribution is 5.84. The summed E-state index contributed by atoms with van der Waals surface area (Å²) in [5.41, 5.74) is 3.19. The van der Waals surface area contributed by atoms with E-state index in [1.54, 1.807) is 26.8 Å². The molecule has 4 aromatic rings. The van der Waals surface area contributed by atoms with Crippen LogP contribution < -0.4 is 19.8 Å². The second-order valence-corrected chi connectivity index (χ2v) is 5.57. The smallest absolute Gasteiger partial charge is 0.305 e. The highest BCUT2D eigenvalue weighted by Crippen LogP contribution is 2.28. The van der Waals surface area contributed by atoms with E-state index in [2.05, 4.69) is 25.3 Å². The molecule has 0 aliphatic carbocycles. The maximum Gasteiger partial charge on any atom is 0.305 e. The molecule has 0 saturated carbocycles. The van der Waals surface area contributed by atoms with Crippen LogP contribution in [0.15, 0.2) is 47.3 Å². The van der Waals surface area contributed by atoms with Crippen LogP contribution in [-0.4, -0.2) is 29.2 Å². The third kappa shape index (κ3) is 2.92. The molecule has 8 heteroatoms. The van der Waals surface area contributed by atoms with Crippen LogP contribution in [-0.2, 0) is 6.54 Å². The summed E-state index contributed by atoms with van der Waals surface area (Å²) >= 11 is 0. The van der Waals surface area contributed by atoms with E-state index in [4.69, 9.17) is 13.9 Å². The van der Waals surface area contributed by atoms with Gasteiger partial charge in [0.2, 0.25) is 5.52 Å². The molecule has 0 spiro atoms. The average Bonchev–Trinajstić information content (AvgIpc) is 3.37. The van der Waals surface area contributed by atoms with Crippen LogP contribution in [0.25, 0.3) is 22.6 Å². The van der Waals surface area contributed by atoms with Crippen molar-refractivity contribution in [2.24, 2.45) is 0 Å². The number of anilines is 1. The number of aromatic nitrogens is 4. The van der Waals surface area contributed by atoms with Gasteiger partial charge in [-0.3, -0.25) is 4.98 Å². The Kier molecular flexibility index (Phi) is 4.14. The molecule has 0 unspecified atom stereocenters. The van der Waals surface area contributed by atoms with Crippen LogP contribution in [0, 0.1) is 0 Å². The van der Waals surface area contributed by atoms with Gasteiger partial charge in [-0.15, -0.1) is 0 Å². The quantitative estimate of drug-likeness (QED) is 0.553. The first-order valence-corrected chi connectivity index (χ1v) is 8.04. The van der Waals surface area contributed by atoms with Gasteiger partial charge in [-0.1, -0.05) is 11.1 Å². The number of fused-ring (bicyclic) bond motifs is 1. The van der Waals surface area contributed by atoms with Gasteiger partial charge in [0.25, 0.3) is 0 Å². The Labute approximate surface area is 149 Å². The van der Waals surface area contributed by atoms with Crippen molar-refractivity contribution in [3.05, 3.63) is 48.5 Å². The lowest BCUT2D eigenvalue weighted by atomic mass is 10.2. The van der Waals surface area contributed by atoms with Crippen LogP contribution >= 0.6 is 0 Å². The van der Waals surface area contributed by atoms with Crippen molar-refractivity contribution in [1.29, 1.82) is 0 Å². The normalized spacial score (nSPS) is 10.8. The number of hydrogen-bond donors (Lipinski definition) is 2. The minimum Gasteiger partial charge on any atom is -0.493 e. The molecule has 3 heterocycles. The van der Waals surface area contributed by atoms with E-state index in [9.17, 15) is 0 Å². The van der Waals surface area contributed by atoms with Gasteiger partial charge < -0.3 is 19.2 Å². The molecule has 0 saturated heterocycles. The average molecular weight is 352 g/mol. The van der Waals surface area contributed by atoms with Crippen molar-refractivity contribution in [3.8, 4) is 23.0 Å². The Morgan fingerprint density at radius 2 is 2.04 bits per heavy atom. The Morgan fingerprint density at radius 1 is 1.15 bits per heavy atom. The zero-order valence-corrected chi connectivity index (χ0v) is 14.4. The highest BCUT2D eigenvalue weighted by Gasteiger charge is 2.19. The Bertz CT molecular complexity index is 1030. The topological polar surface area (TPSA) is 99.3 Å². The molecule has 0 bridgehead atoms. The fourth-order valence-electron chi connectivity index (χ4n) is 2.72. The van der Waals surface area contributed by atoms with E-state index in [1.807, 2.05) is 30.3 Å². The van der Waals surface area contributed by atoms with Crippen LogP contribution in [0.4, 0.5) is 5.95 Å². The number of nitrogens with one attached hydrogen (secondary N) is 3. The maximum atomic E-state index is 5.49. The van der Waals surface area contributed by atoms with Crippen molar-refractivity contribution >= 4 is 17.1 Å². The lowest BCUT2D eigenvalue weighted by Crippen LogP contribution is -2.07. The van der Waals surface area contributed by atoms with Gasteiger partial charge in [-0.05, 0) is 29.8 Å². The molecule has 0 aliphatic rings. The number of H-pyrrole nitrogens is 2. The zero-order chi connectivity index (χ0) is 17.9. The number of methoxy groups -OCH3 is 2. The summed E-state index contributed by atoms with van der Waals surface area (Å²) in [5.74, 6) is 2.53. The monoisotopic (exact) mass is 352 g/mol. The number of furan rings is 1. The Balaban J connectivity index is 1.62. The molecule has 26 heavy (non-hydrogen) atoms. The molecule has 4 rings (SSSR count). The molecule has 132 valence electrons. The summed E-state index contributed by atoms with van der Waals surface area (Å²) < 4.78 is 16.1. The summed E-state index contributed by atoms with van der Waals surface area (Å²) in [6, 6.07) is 9.43. The maximum absolute atomic E-state index is 5.49. The lowest BCUT2D eigenvalue weighted by molar-refractivity contribution is -0.347. The van der Waals surface area contributed by atoms with Gasteiger partial charge >= 0.3 is 11.6 Å². The second-order valence-electron chi connectivity index (χ2n) is 5.57. The number of benzene rings is 1. The Hall–Kier alpha value is -3.55. The van der Waals surface area contributed by atoms with Gasteiger partial charge in [0.05, 0.1) is 20.5 Å². The van der Waals surface area contributed by atoms with Gasteiger partial charge in [0.15, 0.2) is 29.3 Å². The molecule has 0 fully saturated rings. The molecule has 0 amide bonds. The second kappa shape index (κ2) is 6.75. The molecular weight excluding hydrogens is 334 g/mol. The molecule has 1 aromatic carbocycles. The highest BCUT2D eigenvalue weighted by atomic mass is 16.5. The summed E-state index contributed by atoms with van der Waals surface area (Å²) in [6.45, 7) is 0.536. The first-order valence-electron chi connectivity index (χ1n) is 8.04. The van der Waals surface area contributed by atoms with Crippen LogP contribution in [0.2, 0.25) is 0 Å². The largest absolute Gasteiger partial charge is 0.493 e. The summed E-state index contributed by atoms with van der Waals surface area (Å²) in [4.78, 5) is 15.2. The molecule has 0 atom stereocenters. The van der Waals surface area contributed by atoms with Crippen LogP contribution in [0.1, 0.15) is 5.56 Å². The molecule has 3 N–H and O–H groups in total. The van der Waals surface area contributed by atoms with Crippen molar-refractivity contribution < 1.29 is 18.9 Å². The van der Waals surface area contributed by atoms with Crippen LogP contribution in [0.5, 0.6) is 11.5 Å². The van der Waals surface area contributed by atoms with Gasteiger partial charge in [0, 0.05) is 6.54 Å². The fourth-order valence-corrected chi connectivity index (χ4v) is 2.72. The first kappa shape index (κ1) is 15.9. The van der Waals surface area contributed by atoms with E-state index in [0.29, 0.717) is 41.1 Å². The number of hydrogen-bond acceptors (Lipinski definition) is 6. The Morgan fingerprint density at radius 3 is 2.81 bits per heavy atom. The molecule has 3 aromatic heterocycles. The first-order chi connectivity index (χ1) is 12.8. The van der Waals surface area contributed by atoms with E-state index in [0.717, 1.165) is 11.1 Å². The fraction of sp³-hybridized carbons (Fsp3) is 0.167. The number of ether oxygens (including phenoxy) is 2. The number of imidazole rings is 1. The molecule has 0 aliphatic heterocycles. The third-order valence-electron chi connectivity index (χ3n) is 3.99. The van der Waals surface area contributed by atoms with Crippen molar-refractivity contribution in [1.82, 2.24) is 15.0 Å². The lowest BCUT2D eigenvalue weighted by Gasteiger charge is -2.09. The standard InChI is InChI=1S/C18H17N5O3/c1-24-12-6-5-11(8-14(12)25-2)9-19-18-22-15(13-4-3-7-26-13)16-17(23-18)21-10-20-16/h3-8,10H,9H2,1-2H3,(H2,19,20,21,22,23)/p+1. The predicted octanol–water partition coefficient (Wildman–Crippen LogP) is 2.66. The summed E-state index contributed by atoms with van der Waals surface area (Å²) in [6.07, 6.45) is 3.33. The van der Waals surface area contributed by atoms with E-state index < -0.39 is 0 Å². The summed E-state index contributed by atoms with van der Waals surface area (Å²) in [7, 11) is 3.23. The van der Waals surface area contributed by atoms with Crippen molar-refractivity contribution in [2.75, 3.05) is 19.5 Å². The van der Waals surface area contributed by atoms with Crippen molar-refractivity contribution in [3.63, 3.8) is 0 Å². The van der Waals surface area contributed by atoms with E-state index in [1.165, 1.54) is 0 Å².